The van der Waals surface area contributed by atoms with Gasteiger partial charge in [-0.25, -0.2) is 0 Å². The van der Waals surface area contributed by atoms with E-state index < -0.39 is 0 Å². The smallest absolute Gasteiger partial charge is 0.229 e. The predicted molar refractivity (Wildman–Crippen MR) is 115 cm³/mol. The van der Waals surface area contributed by atoms with Crippen LogP contribution in [0.2, 0.25) is 0 Å². The van der Waals surface area contributed by atoms with Gasteiger partial charge in [0, 0.05) is 45.6 Å². The van der Waals surface area contributed by atoms with Crippen molar-refractivity contribution in [2.24, 2.45) is 0 Å². The number of imide groups is 1. The molecule has 6 nitrogen and oxygen atoms in total. The number of likely N-dealkylation sites (tertiary alicyclic amines) is 1. The first kappa shape index (κ1) is 21.6. The zero-order valence-corrected chi connectivity index (χ0v) is 17.8. The molecule has 2 fully saturated rings. The fourth-order valence-corrected chi connectivity index (χ4v) is 4.10. The molecule has 29 heavy (non-hydrogen) atoms. The number of nitrogens with zero attached hydrogens (tertiary/aromatic N) is 3. The Bertz CT molecular complexity index is 655. The van der Waals surface area contributed by atoms with Gasteiger partial charge < -0.3 is 9.64 Å². The number of rotatable bonds is 10. The van der Waals surface area contributed by atoms with Crippen LogP contribution in [-0.4, -0.2) is 67.5 Å². The molecule has 0 spiro atoms. The van der Waals surface area contributed by atoms with Crippen molar-refractivity contribution in [2.45, 2.75) is 51.9 Å². The Morgan fingerprint density at radius 1 is 0.897 bits per heavy atom. The van der Waals surface area contributed by atoms with Crippen molar-refractivity contribution in [2.75, 3.05) is 50.8 Å². The average Bonchev–Trinajstić information content (AvgIpc) is 2.74. The molecule has 2 aliphatic rings. The van der Waals surface area contributed by atoms with E-state index in [2.05, 4.69) is 34.9 Å². The molecule has 2 aliphatic heterocycles. The molecule has 1 aromatic rings. The monoisotopic (exact) mass is 401 g/mol. The number of hydrogen-bond donors (Lipinski definition) is 0. The number of benzene rings is 1. The van der Waals surface area contributed by atoms with E-state index in [4.69, 9.17) is 4.74 Å². The number of ether oxygens (including phenoxy) is 1. The number of amides is 2. The maximum atomic E-state index is 11.8. The zero-order chi connectivity index (χ0) is 20.5. The summed E-state index contributed by atoms with van der Waals surface area (Å²) in [5, 5.41) is 0. The molecule has 2 saturated heterocycles. The van der Waals surface area contributed by atoms with Crippen LogP contribution in [0.3, 0.4) is 0 Å². The van der Waals surface area contributed by atoms with Crippen LogP contribution in [0.15, 0.2) is 24.3 Å². The average molecular weight is 402 g/mol. The third-order valence-electron chi connectivity index (χ3n) is 5.78. The van der Waals surface area contributed by atoms with Crippen molar-refractivity contribution in [3.63, 3.8) is 0 Å². The number of hydrogen-bond acceptors (Lipinski definition) is 5. The highest BCUT2D eigenvalue weighted by molar-refractivity contribution is 5.97. The quantitative estimate of drug-likeness (QED) is 0.445. The van der Waals surface area contributed by atoms with Gasteiger partial charge in [0.05, 0.1) is 12.3 Å². The van der Waals surface area contributed by atoms with E-state index in [1.165, 1.54) is 10.6 Å². The molecule has 0 N–H and O–H groups in total. The number of anilines is 1. The van der Waals surface area contributed by atoms with Gasteiger partial charge in [0.2, 0.25) is 11.8 Å². The van der Waals surface area contributed by atoms with E-state index in [9.17, 15) is 9.59 Å². The van der Waals surface area contributed by atoms with Crippen LogP contribution in [0.4, 0.5) is 5.69 Å². The van der Waals surface area contributed by atoms with Crippen molar-refractivity contribution < 1.29 is 14.3 Å². The number of unbranched alkanes of at least 4 members (excludes halogenated alkanes) is 2. The minimum atomic E-state index is 0.0144. The number of para-hydroxylation sites is 2. The molecule has 160 valence electrons. The molecule has 0 unspecified atom stereocenters. The Morgan fingerprint density at radius 2 is 1.59 bits per heavy atom. The van der Waals surface area contributed by atoms with Gasteiger partial charge in [0.25, 0.3) is 0 Å². The molecule has 2 amide bonds. The summed E-state index contributed by atoms with van der Waals surface area (Å²) in [6, 6.07) is 8.34. The van der Waals surface area contributed by atoms with Crippen molar-refractivity contribution in [1.82, 2.24) is 9.80 Å². The fraction of sp³-hybridized carbons (Fsp3) is 0.652. The lowest BCUT2D eigenvalue weighted by molar-refractivity contribution is -0.148. The summed E-state index contributed by atoms with van der Waals surface area (Å²) >= 11 is 0. The highest BCUT2D eigenvalue weighted by atomic mass is 16.5. The Morgan fingerprint density at radius 3 is 2.31 bits per heavy atom. The van der Waals surface area contributed by atoms with Gasteiger partial charge in [0.15, 0.2) is 0 Å². The molecule has 2 heterocycles. The summed E-state index contributed by atoms with van der Waals surface area (Å²) < 4.78 is 5.92. The molecule has 0 saturated carbocycles. The van der Waals surface area contributed by atoms with Gasteiger partial charge in [-0.1, -0.05) is 25.5 Å². The first-order valence-electron chi connectivity index (χ1n) is 11.2. The first-order valence-corrected chi connectivity index (χ1v) is 11.2. The lowest BCUT2D eigenvalue weighted by atomic mass is 10.1. The highest BCUT2D eigenvalue weighted by Crippen LogP contribution is 2.29. The normalized spacial score (nSPS) is 18.4. The minimum Gasteiger partial charge on any atom is -0.491 e. The molecular formula is C23H35N3O3. The van der Waals surface area contributed by atoms with E-state index >= 15 is 0 Å². The lowest BCUT2D eigenvalue weighted by Crippen LogP contribution is -2.46. The summed E-state index contributed by atoms with van der Waals surface area (Å²) in [5.41, 5.74) is 1.21. The fourth-order valence-electron chi connectivity index (χ4n) is 4.10. The number of carbonyl (C=O) groups is 2. The van der Waals surface area contributed by atoms with Gasteiger partial charge in [0.1, 0.15) is 5.75 Å². The molecule has 0 radical (unpaired) electrons. The van der Waals surface area contributed by atoms with Gasteiger partial charge >= 0.3 is 0 Å². The first-order chi connectivity index (χ1) is 14.2. The Labute approximate surface area is 174 Å². The molecule has 6 heteroatoms. The predicted octanol–water partition coefficient (Wildman–Crippen LogP) is 3.31. The second kappa shape index (κ2) is 11.2. The van der Waals surface area contributed by atoms with Crippen molar-refractivity contribution >= 4 is 17.5 Å². The third-order valence-corrected chi connectivity index (χ3v) is 5.78. The molecule has 0 bridgehead atoms. The molecule has 0 atom stereocenters. The lowest BCUT2D eigenvalue weighted by Gasteiger charge is -2.36. The van der Waals surface area contributed by atoms with Crippen molar-refractivity contribution in [3.8, 4) is 5.75 Å². The third kappa shape index (κ3) is 6.20. The summed E-state index contributed by atoms with van der Waals surface area (Å²) in [5.74, 6) is 1.02. The topological polar surface area (TPSA) is 53.1 Å². The molecular weight excluding hydrogens is 366 g/mol. The number of piperazine rings is 1. The van der Waals surface area contributed by atoms with Crippen LogP contribution < -0.4 is 9.64 Å². The van der Waals surface area contributed by atoms with Gasteiger partial charge in [-0.05, 0) is 44.4 Å². The summed E-state index contributed by atoms with van der Waals surface area (Å²) in [6.07, 6.45) is 5.89. The van der Waals surface area contributed by atoms with E-state index in [-0.39, 0.29) is 11.8 Å². The molecule has 0 aromatic heterocycles. The Hall–Kier alpha value is -2.08. The Kier molecular flexibility index (Phi) is 8.35. The van der Waals surface area contributed by atoms with Gasteiger partial charge in [-0.3, -0.25) is 19.4 Å². The van der Waals surface area contributed by atoms with Gasteiger partial charge in [-0.2, -0.15) is 0 Å². The second-order valence-corrected chi connectivity index (χ2v) is 8.00. The standard InChI is InChI=1S/C23H35N3O3/c1-2-19-29-21-10-5-4-9-20(21)25-17-15-24(16-18-25)13-6-3-7-14-26-22(27)11-8-12-23(26)28/h4-5,9-10H,2-3,6-8,11-19H2,1H3. The SMILES string of the molecule is CCCOc1ccccc1N1CCN(CCCCCN2C(=O)CCCC2=O)CC1. The molecule has 3 rings (SSSR count). The number of piperidine rings is 1. The minimum absolute atomic E-state index is 0.0144. The van der Waals surface area contributed by atoms with Crippen LogP contribution in [0.1, 0.15) is 51.9 Å². The van der Waals surface area contributed by atoms with Gasteiger partial charge in [-0.15, -0.1) is 0 Å². The van der Waals surface area contributed by atoms with Crippen molar-refractivity contribution in [3.05, 3.63) is 24.3 Å². The Balaban J connectivity index is 1.34. The summed E-state index contributed by atoms with van der Waals surface area (Å²) in [6.45, 7) is 8.72. The van der Waals surface area contributed by atoms with Crippen LogP contribution in [0, 0.1) is 0 Å². The maximum Gasteiger partial charge on any atom is 0.229 e. The zero-order valence-electron chi connectivity index (χ0n) is 17.8. The highest BCUT2D eigenvalue weighted by Gasteiger charge is 2.25. The van der Waals surface area contributed by atoms with Crippen LogP contribution >= 0.6 is 0 Å². The largest absolute Gasteiger partial charge is 0.491 e. The van der Waals surface area contributed by atoms with E-state index in [1.54, 1.807) is 0 Å². The van der Waals surface area contributed by atoms with Crippen molar-refractivity contribution in [1.29, 1.82) is 0 Å². The molecule has 1 aromatic carbocycles. The molecule has 0 aliphatic carbocycles. The van der Waals surface area contributed by atoms with Crippen LogP contribution in [0.5, 0.6) is 5.75 Å². The van der Waals surface area contributed by atoms with E-state index in [1.807, 2.05) is 6.07 Å². The number of carbonyl (C=O) groups excluding carboxylic acids is 2. The van der Waals surface area contributed by atoms with Crippen LogP contribution in [0.25, 0.3) is 0 Å². The van der Waals surface area contributed by atoms with Crippen LogP contribution in [-0.2, 0) is 9.59 Å². The summed E-state index contributed by atoms with van der Waals surface area (Å²) in [7, 11) is 0. The van der Waals surface area contributed by atoms with E-state index in [0.29, 0.717) is 19.4 Å². The maximum absolute atomic E-state index is 11.8. The summed E-state index contributed by atoms with van der Waals surface area (Å²) in [4.78, 5) is 30.1. The van der Waals surface area contributed by atoms with E-state index in [0.717, 1.165) is 77.2 Å². The second-order valence-electron chi connectivity index (χ2n) is 8.00.